The van der Waals surface area contributed by atoms with E-state index in [0.717, 1.165) is 30.0 Å². The van der Waals surface area contributed by atoms with Crippen LogP contribution < -0.4 is 10.9 Å². The second kappa shape index (κ2) is 8.58. The van der Waals surface area contributed by atoms with Gasteiger partial charge in [0.2, 0.25) is 0 Å². The third-order valence-corrected chi connectivity index (χ3v) is 6.97. The zero-order valence-electron chi connectivity index (χ0n) is 14.1. The average Bonchev–Trinajstić information content (AvgIpc) is 3.16. The first-order chi connectivity index (χ1) is 12.2. The number of aromatic nitrogens is 2. The highest BCUT2D eigenvalue weighted by Gasteiger charge is 2.19. The molecule has 1 amide bonds. The van der Waals surface area contributed by atoms with Crippen molar-refractivity contribution in [2.45, 2.75) is 30.9 Å². The molecule has 1 aliphatic rings. The molecule has 0 bridgehead atoms. The second-order valence-corrected chi connectivity index (χ2v) is 8.51. The van der Waals surface area contributed by atoms with Crippen LogP contribution in [0.4, 0.5) is 5.69 Å². The summed E-state index contributed by atoms with van der Waals surface area (Å²) >= 11 is 3.86. The number of carbonyl (C=O) groups excluding carboxylic acids is 1. The Morgan fingerprint density at radius 1 is 1.28 bits per heavy atom. The van der Waals surface area contributed by atoms with Gasteiger partial charge in [-0.05, 0) is 30.2 Å². The SMILES string of the molecule is CCCCn1nc(C(=O)Nc2cccc(C3SCCS3)c2)ccc1=O. The summed E-state index contributed by atoms with van der Waals surface area (Å²) in [5, 5.41) is 7.08. The molecule has 0 atom stereocenters. The molecule has 0 saturated carbocycles. The molecule has 1 aromatic heterocycles. The molecular formula is C18H21N3O2S2. The summed E-state index contributed by atoms with van der Waals surface area (Å²) in [6, 6.07) is 10.8. The number of hydrogen-bond donors (Lipinski definition) is 1. The molecule has 0 aliphatic carbocycles. The fourth-order valence-electron chi connectivity index (χ4n) is 2.55. The number of rotatable bonds is 6. The molecule has 1 saturated heterocycles. The van der Waals surface area contributed by atoms with Gasteiger partial charge in [0, 0.05) is 29.8 Å². The van der Waals surface area contributed by atoms with Crippen LogP contribution in [0.15, 0.2) is 41.2 Å². The number of benzene rings is 1. The predicted molar refractivity (Wildman–Crippen MR) is 105 cm³/mol. The third kappa shape index (κ3) is 4.67. The maximum Gasteiger partial charge on any atom is 0.276 e. The zero-order valence-corrected chi connectivity index (χ0v) is 15.7. The smallest absolute Gasteiger partial charge is 0.276 e. The summed E-state index contributed by atoms with van der Waals surface area (Å²) in [5.74, 6) is 2.03. The highest BCUT2D eigenvalue weighted by Crippen LogP contribution is 2.45. The Morgan fingerprint density at radius 3 is 2.84 bits per heavy atom. The Labute approximate surface area is 155 Å². The van der Waals surface area contributed by atoms with Crippen molar-refractivity contribution in [1.29, 1.82) is 0 Å². The Morgan fingerprint density at radius 2 is 2.08 bits per heavy atom. The van der Waals surface area contributed by atoms with Crippen LogP contribution in [-0.2, 0) is 6.54 Å². The van der Waals surface area contributed by atoms with Crippen LogP contribution >= 0.6 is 23.5 Å². The molecule has 1 aromatic carbocycles. The van der Waals surface area contributed by atoms with E-state index in [4.69, 9.17) is 0 Å². The van der Waals surface area contributed by atoms with Gasteiger partial charge < -0.3 is 5.32 Å². The lowest BCUT2D eigenvalue weighted by molar-refractivity contribution is 0.101. The monoisotopic (exact) mass is 375 g/mol. The van der Waals surface area contributed by atoms with E-state index in [9.17, 15) is 9.59 Å². The number of aryl methyl sites for hydroxylation is 1. The molecule has 132 valence electrons. The molecule has 5 nitrogen and oxygen atoms in total. The van der Waals surface area contributed by atoms with E-state index in [1.54, 1.807) is 0 Å². The maximum atomic E-state index is 12.5. The van der Waals surface area contributed by atoms with E-state index < -0.39 is 0 Å². The van der Waals surface area contributed by atoms with Crippen molar-refractivity contribution in [3.63, 3.8) is 0 Å². The molecule has 2 heterocycles. The predicted octanol–water partition coefficient (Wildman–Crippen LogP) is 3.77. The molecule has 2 aromatic rings. The normalized spacial score (nSPS) is 14.6. The van der Waals surface area contributed by atoms with Crippen LogP contribution in [0.25, 0.3) is 0 Å². The van der Waals surface area contributed by atoms with Crippen molar-refractivity contribution in [1.82, 2.24) is 9.78 Å². The Hall–Kier alpha value is -1.73. The summed E-state index contributed by atoms with van der Waals surface area (Å²) < 4.78 is 1.80. The summed E-state index contributed by atoms with van der Waals surface area (Å²) in [5.41, 5.74) is 2.04. The van der Waals surface area contributed by atoms with Gasteiger partial charge in [-0.1, -0.05) is 25.5 Å². The Balaban J connectivity index is 1.73. The highest BCUT2D eigenvalue weighted by molar-refractivity contribution is 8.19. The lowest BCUT2D eigenvalue weighted by atomic mass is 10.2. The van der Waals surface area contributed by atoms with Crippen LogP contribution in [0.2, 0.25) is 0 Å². The third-order valence-electron chi connectivity index (χ3n) is 3.86. The first-order valence-corrected chi connectivity index (χ1v) is 10.5. The Kier molecular flexibility index (Phi) is 6.20. The number of nitrogens with zero attached hydrogens (tertiary/aromatic N) is 2. The van der Waals surface area contributed by atoms with Crippen LogP contribution in [0.1, 0.15) is 40.4 Å². The molecule has 7 heteroatoms. The van der Waals surface area contributed by atoms with E-state index in [0.29, 0.717) is 11.1 Å². The van der Waals surface area contributed by atoms with Crippen molar-refractivity contribution in [3.8, 4) is 0 Å². The minimum atomic E-state index is -0.297. The van der Waals surface area contributed by atoms with E-state index in [-0.39, 0.29) is 17.2 Å². The number of amides is 1. The zero-order chi connectivity index (χ0) is 17.6. The molecule has 0 radical (unpaired) electrons. The average molecular weight is 376 g/mol. The summed E-state index contributed by atoms with van der Waals surface area (Å²) in [6.45, 7) is 2.58. The lowest BCUT2D eigenvalue weighted by Crippen LogP contribution is -2.26. The van der Waals surface area contributed by atoms with Gasteiger partial charge in [0.1, 0.15) is 5.69 Å². The quantitative estimate of drug-likeness (QED) is 0.832. The fourth-order valence-corrected chi connectivity index (χ4v) is 5.39. The highest BCUT2D eigenvalue weighted by atomic mass is 32.2. The summed E-state index contributed by atoms with van der Waals surface area (Å²) in [4.78, 5) is 24.3. The number of anilines is 1. The molecule has 3 rings (SSSR count). The lowest BCUT2D eigenvalue weighted by Gasteiger charge is -2.11. The largest absolute Gasteiger partial charge is 0.321 e. The summed E-state index contributed by atoms with van der Waals surface area (Å²) in [6.07, 6.45) is 1.82. The molecule has 25 heavy (non-hydrogen) atoms. The van der Waals surface area contributed by atoms with Gasteiger partial charge in [-0.2, -0.15) is 5.10 Å². The van der Waals surface area contributed by atoms with Gasteiger partial charge in [-0.25, -0.2) is 4.68 Å². The van der Waals surface area contributed by atoms with Crippen molar-refractivity contribution in [2.75, 3.05) is 16.8 Å². The number of thioether (sulfide) groups is 2. The minimum absolute atomic E-state index is 0.178. The molecule has 0 spiro atoms. The van der Waals surface area contributed by atoms with E-state index in [2.05, 4.69) is 23.4 Å². The van der Waals surface area contributed by atoms with Gasteiger partial charge in [0.25, 0.3) is 11.5 Å². The van der Waals surface area contributed by atoms with Crippen molar-refractivity contribution in [3.05, 3.63) is 58.0 Å². The maximum absolute atomic E-state index is 12.5. The van der Waals surface area contributed by atoms with Crippen molar-refractivity contribution < 1.29 is 4.79 Å². The van der Waals surface area contributed by atoms with E-state index >= 15 is 0 Å². The van der Waals surface area contributed by atoms with E-state index in [1.165, 1.54) is 22.4 Å². The summed E-state index contributed by atoms with van der Waals surface area (Å²) in [7, 11) is 0. The Bertz CT molecular complexity index is 801. The number of carbonyl (C=O) groups is 1. The molecule has 1 aliphatic heterocycles. The topological polar surface area (TPSA) is 64.0 Å². The first-order valence-electron chi connectivity index (χ1n) is 8.40. The minimum Gasteiger partial charge on any atom is -0.321 e. The van der Waals surface area contributed by atoms with Crippen LogP contribution in [0, 0.1) is 0 Å². The standard InChI is InChI=1S/C18H21N3O2S2/c1-2-3-9-21-16(22)8-7-15(20-21)17(23)19-14-6-4-5-13(12-14)18-24-10-11-25-18/h4-8,12,18H,2-3,9-11H2,1H3,(H,19,23). The van der Waals surface area contributed by atoms with Crippen molar-refractivity contribution in [2.24, 2.45) is 0 Å². The second-order valence-electron chi connectivity index (χ2n) is 5.79. The van der Waals surface area contributed by atoms with Crippen LogP contribution in [-0.4, -0.2) is 27.2 Å². The van der Waals surface area contributed by atoms with Gasteiger partial charge in [0.15, 0.2) is 0 Å². The molecule has 0 unspecified atom stereocenters. The fraction of sp³-hybridized carbons (Fsp3) is 0.389. The van der Waals surface area contributed by atoms with Gasteiger partial charge in [-0.15, -0.1) is 23.5 Å². The molecule has 1 fully saturated rings. The first kappa shape index (κ1) is 18.1. The number of unbranched alkanes of at least 4 members (excludes halogenated alkanes) is 1. The molecule has 1 N–H and O–H groups in total. The number of hydrogen-bond acceptors (Lipinski definition) is 5. The van der Waals surface area contributed by atoms with Gasteiger partial charge in [-0.3, -0.25) is 9.59 Å². The van der Waals surface area contributed by atoms with E-state index in [1.807, 2.05) is 41.7 Å². The molecular weight excluding hydrogens is 354 g/mol. The van der Waals surface area contributed by atoms with Crippen LogP contribution in [0.5, 0.6) is 0 Å². The van der Waals surface area contributed by atoms with Crippen molar-refractivity contribution >= 4 is 35.1 Å². The van der Waals surface area contributed by atoms with Gasteiger partial charge in [0.05, 0.1) is 4.58 Å². The number of nitrogens with one attached hydrogen (secondary N) is 1. The van der Waals surface area contributed by atoms with Gasteiger partial charge >= 0.3 is 0 Å². The van der Waals surface area contributed by atoms with Crippen LogP contribution in [0.3, 0.4) is 0 Å².